The number of benzene rings is 2. The molecule has 0 spiro atoms. The molecule has 0 heterocycles. The van der Waals surface area contributed by atoms with E-state index < -0.39 is 7.60 Å². The van der Waals surface area contributed by atoms with Crippen molar-refractivity contribution in [2.75, 3.05) is 20.4 Å². The molecule has 0 bridgehead atoms. The largest absolute Gasteiger partial charge is 0.489 e. The molecule has 0 aliphatic heterocycles. The lowest BCUT2D eigenvalue weighted by Gasteiger charge is -2.13. The topological polar surface area (TPSA) is 61.8 Å². The third-order valence-electron chi connectivity index (χ3n) is 3.30. The Hall–Kier alpha value is -1.94. The monoisotopic (exact) mass is 334 g/mol. The molecule has 0 amide bonds. The number of carbonyl (C=O) groups excluding carboxylic acids is 1. The molecule has 23 heavy (non-hydrogen) atoms. The van der Waals surface area contributed by atoms with Crippen molar-refractivity contribution in [2.45, 2.75) is 6.61 Å². The first-order chi connectivity index (χ1) is 11.1. The first-order valence-corrected chi connectivity index (χ1v) is 8.79. The van der Waals surface area contributed by atoms with E-state index in [2.05, 4.69) is 0 Å². The highest BCUT2D eigenvalue weighted by atomic mass is 31.2. The summed E-state index contributed by atoms with van der Waals surface area (Å²) in [7, 11) is -0.850. The lowest BCUT2D eigenvalue weighted by Crippen LogP contribution is -2.08. The Labute approximate surface area is 135 Å². The van der Waals surface area contributed by atoms with E-state index in [9.17, 15) is 9.36 Å². The Balaban J connectivity index is 2.04. The highest BCUT2D eigenvalue weighted by Gasteiger charge is 2.26. The Morgan fingerprint density at radius 1 is 1.00 bits per heavy atom. The third kappa shape index (κ3) is 5.03. The molecule has 2 aromatic carbocycles. The van der Waals surface area contributed by atoms with Crippen LogP contribution in [0.3, 0.4) is 0 Å². The van der Waals surface area contributed by atoms with E-state index in [1.165, 1.54) is 14.2 Å². The van der Waals surface area contributed by atoms with Gasteiger partial charge >= 0.3 is 7.60 Å². The van der Waals surface area contributed by atoms with Crippen LogP contribution in [0, 0.1) is 0 Å². The van der Waals surface area contributed by atoms with Crippen molar-refractivity contribution in [3.63, 3.8) is 0 Å². The minimum absolute atomic E-state index is 0.303. The second kappa shape index (κ2) is 8.06. The SMILES string of the molecule is COP(=O)(CC(=O)c1cccc(OCc2ccccc2)c1)OC. The molecule has 0 aliphatic carbocycles. The Kier molecular flexibility index (Phi) is 6.11. The Morgan fingerprint density at radius 3 is 2.35 bits per heavy atom. The van der Waals surface area contributed by atoms with E-state index in [0.717, 1.165) is 5.56 Å². The van der Waals surface area contributed by atoms with Crippen molar-refractivity contribution in [2.24, 2.45) is 0 Å². The number of ketones is 1. The third-order valence-corrected chi connectivity index (χ3v) is 5.09. The molecule has 0 saturated heterocycles. The van der Waals surface area contributed by atoms with Crippen molar-refractivity contribution in [1.29, 1.82) is 0 Å². The van der Waals surface area contributed by atoms with Crippen LogP contribution < -0.4 is 4.74 Å². The van der Waals surface area contributed by atoms with Gasteiger partial charge in [-0.3, -0.25) is 9.36 Å². The van der Waals surface area contributed by atoms with Gasteiger partial charge in [0, 0.05) is 19.8 Å². The van der Waals surface area contributed by atoms with Crippen molar-refractivity contribution >= 4 is 13.4 Å². The molecule has 0 saturated carbocycles. The predicted octanol–water partition coefficient (Wildman–Crippen LogP) is 3.93. The maximum atomic E-state index is 12.2. The molecule has 0 aromatic heterocycles. The van der Waals surface area contributed by atoms with Crippen molar-refractivity contribution in [3.05, 3.63) is 65.7 Å². The number of hydrogen-bond donors (Lipinski definition) is 0. The lowest BCUT2D eigenvalue weighted by atomic mass is 10.1. The highest BCUT2D eigenvalue weighted by Crippen LogP contribution is 2.46. The fraction of sp³-hybridized carbons (Fsp3) is 0.235. The second-order valence-electron chi connectivity index (χ2n) is 4.86. The van der Waals surface area contributed by atoms with Crippen molar-refractivity contribution in [1.82, 2.24) is 0 Å². The van der Waals surface area contributed by atoms with E-state index in [1.54, 1.807) is 24.3 Å². The minimum atomic E-state index is -3.37. The average Bonchev–Trinajstić information content (AvgIpc) is 2.61. The average molecular weight is 334 g/mol. The van der Waals surface area contributed by atoms with Gasteiger partial charge in [-0.25, -0.2) is 0 Å². The molecule has 0 atom stereocenters. The zero-order chi connectivity index (χ0) is 16.7. The highest BCUT2D eigenvalue weighted by molar-refractivity contribution is 7.54. The maximum absolute atomic E-state index is 12.2. The number of rotatable bonds is 8. The first kappa shape index (κ1) is 17.4. The van der Waals surface area contributed by atoms with Gasteiger partial charge in [0.05, 0.1) is 0 Å². The van der Waals surface area contributed by atoms with Crippen LogP contribution in [0.1, 0.15) is 15.9 Å². The summed E-state index contributed by atoms with van der Waals surface area (Å²) in [5, 5.41) is 0. The second-order valence-corrected chi connectivity index (χ2v) is 7.13. The fourth-order valence-electron chi connectivity index (χ4n) is 1.97. The van der Waals surface area contributed by atoms with Crippen LogP contribution in [0.5, 0.6) is 5.75 Å². The van der Waals surface area contributed by atoms with Gasteiger partial charge in [0.2, 0.25) is 0 Å². The van der Waals surface area contributed by atoms with Crippen LogP contribution in [-0.2, 0) is 20.2 Å². The summed E-state index contributed by atoms with van der Waals surface area (Å²) < 4.78 is 27.3. The summed E-state index contributed by atoms with van der Waals surface area (Å²) in [5.74, 6) is 0.256. The summed E-state index contributed by atoms with van der Waals surface area (Å²) in [4.78, 5) is 12.2. The smallest absolute Gasteiger partial charge is 0.337 e. The van der Waals surface area contributed by atoms with E-state index in [-0.39, 0.29) is 11.9 Å². The van der Waals surface area contributed by atoms with Gasteiger partial charge in [-0.1, -0.05) is 42.5 Å². The van der Waals surface area contributed by atoms with Crippen LogP contribution in [-0.4, -0.2) is 26.2 Å². The summed E-state index contributed by atoms with van der Waals surface area (Å²) >= 11 is 0. The molecular formula is C17H19O5P. The maximum Gasteiger partial charge on any atom is 0.337 e. The van der Waals surface area contributed by atoms with Gasteiger partial charge in [0.15, 0.2) is 5.78 Å². The Morgan fingerprint density at radius 2 is 1.70 bits per heavy atom. The van der Waals surface area contributed by atoms with Gasteiger partial charge in [-0.2, -0.15) is 0 Å². The summed E-state index contributed by atoms with van der Waals surface area (Å²) in [6.07, 6.45) is -0.303. The molecule has 6 heteroatoms. The zero-order valence-corrected chi connectivity index (χ0v) is 14.0. The first-order valence-electron chi connectivity index (χ1n) is 7.07. The predicted molar refractivity (Wildman–Crippen MR) is 88.0 cm³/mol. The van der Waals surface area contributed by atoms with E-state index in [4.69, 9.17) is 13.8 Å². The quantitative estimate of drug-likeness (QED) is 0.540. The molecule has 5 nitrogen and oxygen atoms in total. The van der Waals surface area contributed by atoms with E-state index in [1.807, 2.05) is 30.3 Å². The molecule has 0 N–H and O–H groups in total. The molecule has 0 fully saturated rings. The summed E-state index contributed by atoms with van der Waals surface area (Å²) in [6, 6.07) is 16.5. The standard InChI is InChI=1S/C17H19O5P/c1-20-23(19,21-2)13-17(18)15-9-6-10-16(11-15)22-12-14-7-4-3-5-8-14/h3-11H,12-13H2,1-2H3. The number of Topliss-reactive ketones (excluding diaryl/α,β-unsaturated/α-hetero) is 1. The van der Waals surface area contributed by atoms with Crippen LogP contribution in [0.15, 0.2) is 54.6 Å². The van der Waals surface area contributed by atoms with Crippen LogP contribution in [0.2, 0.25) is 0 Å². The van der Waals surface area contributed by atoms with Crippen LogP contribution in [0.4, 0.5) is 0 Å². The normalized spacial score (nSPS) is 11.2. The number of ether oxygens (including phenoxy) is 1. The molecular weight excluding hydrogens is 315 g/mol. The molecule has 122 valence electrons. The molecule has 2 rings (SSSR count). The van der Waals surface area contributed by atoms with Crippen molar-refractivity contribution < 1.29 is 23.1 Å². The summed E-state index contributed by atoms with van der Waals surface area (Å²) in [5.41, 5.74) is 1.44. The van der Waals surface area contributed by atoms with Gasteiger partial charge in [0.25, 0.3) is 0 Å². The molecule has 0 aliphatic rings. The van der Waals surface area contributed by atoms with Crippen LogP contribution in [0.25, 0.3) is 0 Å². The molecule has 2 aromatic rings. The molecule has 0 unspecified atom stereocenters. The van der Waals surface area contributed by atoms with E-state index in [0.29, 0.717) is 17.9 Å². The van der Waals surface area contributed by atoms with Gasteiger partial charge in [-0.05, 0) is 17.7 Å². The van der Waals surface area contributed by atoms with Gasteiger partial charge in [-0.15, -0.1) is 0 Å². The van der Waals surface area contributed by atoms with Gasteiger partial charge in [0.1, 0.15) is 18.5 Å². The van der Waals surface area contributed by atoms with Crippen LogP contribution >= 0.6 is 7.60 Å². The minimum Gasteiger partial charge on any atom is -0.489 e. The molecule has 0 radical (unpaired) electrons. The Bertz CT molecular complexity index is 691. The van der Waals surface area contributed by atoms with E-state index >= 15 is 0 Å². The number of carbonyl (C=O) groups is 1. The fourth-order valence-corrected chi connectivity index (χ4v) is 2.91. The number of hydrogen-bond acceptors (Lipinski definition) is 5. The zero-order valence-electron chi connectivity index (χ0n) is 13.1. The van der Waals surface area contributed by atoms with Crippen molar-refractivity contribution in [3.8, 4) is 5.75 Å². The van der Waals surface area contributed by atoms with Gasteiger partial charge < -0.3 is 13.8 Å². The summed E-state index contributed by atoms with van der Waals surface area (Å²) in [6.45, 7) is 0.410. The lowest BCUT2D eigenvalue weighted by molar-refractivity contribution is 0.101.